The minimum atomic E-state index is -0.193. The van der Waals surface area contributed by atoms with Crippen molar-refractivity contribution in [1.29, 1.82) is 0 Å². The van der Waals surface area contributed by atoms with E-state index >= 15 is 0 Å². The number of nitrogens with zero attached hydrogens (tertiary/aromatic N) is 4. The van der Waals surface area contributed by atoms with Crippen LogP contribution in [0, 0.1) is 0 Å². The fourth-order valence-corrected chi connectivity index (χ4v) is 2.83. The highest BCUT2D eigenvalue weighted by atomic mass is 16.2. The molecule has 0 unspecified atom stereocenters. The highest BCUT2D eigenvalue weighted by molar-refractivity contribution is 6.00. The first-order valence-electron chi connectivity index (χ1n) is 8.85. The Bertz CT molecular complexity index is 1120. The molecule has 0 saturated heterocycles. The Labute approximate surface area is 161 Å². The molecule has 0 saturated carbocycles. The molecule has 1 N–H and O–H groups in total. The number of anilines is 1. The van der Waals surface area contributed by atoms with Crippen LogP contribution in [0.4, 0.5) is 5.69 Å². The van der Waals surface area contributed by atoms with Gasteiger partial charge >= 0.3 is 0 Å². The van der Waals surface area contributed by atoms with Gasteiger partial charge < -0.3 is 5.32 Å². The topological polar surface area (TPSA) is 89.2 Å². The number of benzene rings is 2. The minimum absolute atomic E-state index is 0.0402. The second kappa shape index (κ2) is 7.79. The van der Waals surface area contributed by atoms with Gasteiger partial charge in [0.2, 0.25) is 5.91 Å². The van der Waals surface area contributed by atoms with Crippen LogP contribution in [0.15, 0.2) is 73.1 Å². The lowest BCUT2D eigenvalue weighted by Gasteiger charge is -2.07. The molecule has 7 heteroatoms. The zero-order valence-electron chi connectivity index (χ0n) is 14.9. The smallest absolute Gasteiger partial charge is 0.224 e. The lowest BCUT2D eigenvalue weighted by molar-refractivity contribution is -0.116. The molecule has 28 heavy (non-hydrogen) atoms. The maximum Gasteiger partial charge on any atom is 0.224 e. The lowest BCUT2D eigenvalue weighted by atomic mass is 10.1. The van der Waals surface area contributed by atoms with E-state index < -0.39 is 0 Å². The molecule has 0 spiro atoms. The van der Waals surface area contributed by atoms with E-state index in [2.05, 4.69) is 20.6 Å². The van der Waals surface area contributed by atoms with Crippen molar-refractivity contribution in [1.82, 2.24) is 19.8 Å². The summed E-state index contributed by atoms with van der Waals surface area (Å²) in [7, 11) is 0. The zero-order chi connectivity index (χ0) is 19.3. The Hall–Kier alpha value is -3.87. The molecule has 2 aromatic heterocycles. The van der Waals surface area contributed by atoms with E-state index in [4.69, 9.17) is 0 Å². The van der Waals surface area contributed by atoms with Gasteiger partial charge in [0.25, 0.3) is 0 Å². The van der Waals surface area contributed by atoms with E-state index in [1.807, 2.05) is 54.6 Å². The standard InChI is InChI=1S/C21H17N5O2/c27-19(16-4-2-1-3-5-16)11-13-21(28)23-17-8-6-15(7-9-17)18-10-12-20-24-22-14-26(20)25-18/h1-10,12,14H,11,13H2,(H,23,28). The second-order valence-electron chi connectivity index (χ2n) is 6.27. The van der Waals surface area contributed by atoms with E-state index in [1.54, 1.807) is 23.0 Å². The summed E-state index contributed by atoms with van der Waals surface area (Å²) in [5, 5.41) is 15.0. The summed E-state index contributed by atoms with van der Waals surface area (Å²) < 4.78 is 1.61. The van der Waals surface area contributed by atoms with E-state index in [9.17, 15) is 9.59 Å². The first kappa shape index (κ1) is 17.5. The van der Waals surface area contributed by atoms with Crippen LogP contribution in [0.25, 0.3) is 16.9 Å². The van der Waals surface area contributed by atoms with Crippen LogP contribution in [0.5, 0.6) is 0 Å². The molecule has 4 aromatic rings. The van der Waals surface area contributed by atoms with Crippen molar-refractivity contribution in [3.8, 4) is 11.3 Å². The van der Waals surface area contributed by atoms with Crippen LogP contribution in [0.1, 0.15) is 23.2 Å². The largest absolute Gasteiger partial charge is 0.326 e. The average molecular weight is 371 g/mol. The Balaban J connectivity index is 1.36. The van der Waals surface area contributed by atoms with Crippen LogP contribution in [-0.4, -0.2) is 31.5 Å². The van der Waals surface area contributed by atoms with Crippen molar-refractivity contribution in [2.45, 2.75) is 12.8 Å². The predicted octanol–water partition coefficient (Wildman–Crippen LogP) is 3.39. The van der Waals surface area contributed by atoms with Crippen molar-refractivity contribution >= 4 is 23.0 Å². The molecule has 2 aromatic carbocycles. The van der Waals surface area contributed by atoms with Gasteiger partial charge in [0.05, 0.1) is 5.69 Å². The number of fused-ring (bicyclic) bond motifs is 1. The normalized spacial score (nSPS) is 10.7. The number of nitrogens with one attached hydrogen (secondary N) is 1. The van der Waals surface area contributed by atoms with E-state index in [-0.39, 0.29) is 24.5 Å². The number of amides is 1. The first-order chi connectivity index (χ1) is 13.7. The fraction of sp³-hybridized carbons (Fsp3) is 0.0952. The van der Waals surface area contributed by atoms with Gasteiger partial charge in [0, 0.05) is 29.7 Å². The quantitative estimate of drug-likeness (QED) is 0.525. The molecule has 4 rings (SSSR count). The predicted molar refractivity (Wildman–Crippen MR) is 105 cm³/mol. The number of carbonyl (C=O) groups excluding carboxylic acids is 2. The van der Waals surface area contributed by atoms with E-state index in [0.29, 0.717) is 16.9 Å². The summed E-state index contributed by atoms with van der Waals surface area (Å²) in [6, 6.07) is 20.1. The molecule has 2 heterocycles. The summed E-state index contributed by atoms with van der Waals surface area (Å²) in [6.07, 6.45) is 1.86. The van der Waals surface area contributed by atoms with Gasteiger partial charge in [0.15, 0.2) is 11.4 Å². The highest BCUT2D eigenvalue weighted by Gasteiger charge is 2.10. The molecule has 7 nitrogen and oxygen atoms in total. The van der Waals surface area contributed by atoms with Crippen LogP contribution in [-0.2, 0) is 4.79 Å². The van der Waals surface area contributed by atoms with Crippen molar-refractivity contribution in [3.63, 3.8) is 0 Å². The van der Waals surface area contributed by atoms with E-state index in [0.717, 1.165) is 11.3 Å². The first-order valence-corrected chi connectivity index (χ1v) is 8.85. The molecular weight excluding hydrogens is 354 g/mol. The summed E-state index contributed by atoms with van der Waals surface area (Å²) in [5.74, 6) is -0.234. The number of hydrogen-bond donors (Lipinski definition) is 1. The molecule has 0 aliphatic heterocycles. The minimum Gasteiger partial charge on any atom is -0.326 e. The molecule has 0 aliphatic rings. The number of carbonyl (C=O) groups is 2. The fourth-order valence-electron chi connectivity index (χ4n) is 2.83. The Morgan fingerprint density at radius 2 is 1.68 bits per heavy atom. The van der Waals surface area contributed by atoms with Gasteiger partial charge in [-0.3, -0.25) is 9.59 Å². The molecule has 0 aliphatic carbocycles. The monoisotopic (exact) mass is 371 g/mol. The Morgan fingerprint density at radius 3 is 2.46 bits per heavy atom. The van der Waals surface area contributed by atoms with Crippen molar-refractivity contribution in [2.75, 3.05) is 5.32 Å². The van der Waals surface area contributed by atoms with Gasteiger partial charge in [-0.25, -0.2) is 0 Å². The van der Waals surface area contributed by atoms with E-state index in [1.165, 1.54) is 0 Å². The number of ketones is 1. The van der Waals surface area contributed by atoms with Crippen molar-refractivity contribution in [3.05, 3.63) is 78.6 Å². The Morgan fingerprint density at radius 1 is 0.893 bits per heavy atom. The maximum absolute atomic E-state index is 12.1. The average Bonchev–Trinajstić information content (AvgIpc) is 3.21. The highest BCUT2D eigenvalue weighted by Crippen LogP contribution is 2.20. The molecule has 0 atom stereocenters. The third-order valence-electron chi connectivity index (χ3n) is 4.30. The maximum atomic E-state index is 12.1. The zero-order valence-corrected chi connectivity index (χ0v) is 14.9. The van der Waals surface area contributed by atoms with Crippen LogP contribution < -0.4 is 5.32 Å². The SMILES string of the molecule is O=C(CCC(=O)c1ccccc1)Nc1ccc(-c2ccc3nncn3n2)cc1. The molecular formula is C21H17N5O2. The number of rotatable bonds is 6. The third-order valence-corrected chi connectivity index (χ3v) is 4.30. The summed E-state index contributed by atoms with van der Waals surface area (Å²) >= 11 is 0. The van der Waals surface area contributed by atoms with Crippen LogP contribution in [0.2, 0.25) is 0 Å². The molecule has 0 bridgehead atoms. The van der Waals surface area contributed by atoms with Gasteiger partial charge in [-0.2, -0.15) is 9.61 Å². The lowest BCUT2D eigenvalue weighted by Crippen LogP contribution is -2.13. The van der Waals surface area contributed by atoms with Crippen molar-refractivity contribution < 1.29 is 9.59 Å². The molecule has 138 valence electrons. The van der Waals surface area contributed by atoms with Gasteiger partial charge in [-0.15, -0.1) is 10.2 Å². The summed E-state index contributed by atoms with van der Waals surface area (Å²) in [5.41, 5.74) is 3.66. The molecule has 0 radical (unpaired) electrons. The number of hydrogen-bond acceptors (Lipinski definition) is 5. The molecule has 0 fully saturated rings. The summed E-state index contributed by atoms with van der Waals surface area (Å²) in [4.78, 5) is 24.2. The third kappa shape index (κ3) is 3.93. The van der Waals surface area contributed by atoms with Gasteiger partial charge in [-0.05, 0) is 24.3 Å². The van der Waals surface area contributed by atoms with Gasteiger partial charge in [-0.1, -0.05) is 42.5 Å². The molecule has 1 amide bonds. The second-order valence-corrected chi connectivity index (χ2v) is 6.27. The Kier molecular flexibility index (Phi) is 4.88. The summed E-state index contributed by atoms with van der Waals surface area (Å²) in [6.45, 7) is 0. The number of Topliss-reactive ketones (excluding diaryl/α,β-unsaturated/α-hetero) is 1. The van der Waals surface area contributed by atoms with Crippen LogP contribution in [0.3, 0.4) is 0 Å². The van der Waals surface area contributed by atoms with Crippen LogP contribution >= 0.6 is 0 Å². The van der Waals surface area contributed by atoms with Gasteiger partial charge in [0.1, 0.15) is 6.33 Å². The number of aromatic nitrogens is 4. The van der Waals surface area contributed by atoms with Crippen molar-refractivity contribution in [2.24, 2.45) is 0 Å².